The SMILES string of the molecule is CC1(c2ccc(C#N)cc2)NC(=O)N(CC(=O)Nc2ccccc2)C1=O. The van der Waals surface area contributed by atoms with Gasteiger partial charge in [0.1, 0.15) is 12.1 Å². The van der Waals surface area contributed by atoms with Gasteiger partial charge in [-0.2, -0.15) is 5.26 Å². The summed E-state index contributed by atoms with van der Waals surface area (Å²) in [6, 6.07) is 16.5. The predicted molar refractivity (Wildman–Crippen MR) is 93.8 cm³/mol. The highest BCUT2D eigenvalue weighted by Gasteiger charge is 2.49. The third kappa shape index (κ3) is 3.13. The lowest BCUT2D eigenvalue weighted by Gasteiger charge is -2.22. The van der Waals surface area contributed by atoms with Crippen LogP contribution in [0.25, 0.3) is 0 Å². The molecule has 7 nitrogen and oxygen atoms in total. The van der Waals surface area contributed by atoms with E-state index in [2.05, 4.69) is 10.6 Å². The molecule has 26 heavy (non-hydrogen) atoms. The van der Waals surface area contributed by atoms with Gasteiger partial charge < -0.3 is 10.6 Å². The Labute approximate surface area is 150 Å². The number of anilines is 1. The molecule has 1 unspecified atom stereocenters. The second kappa shape index (κ2) is 6.69. The van der Waals surface area contributed by atoms with E-state index in [1.807, 2.05) is 12.1 Å². The Morgan fingerprint density at radius 3 is 2.42 bits per heavy atom. The van der Waals surface area contributed by atoms with Crippen LogP contribution >= 0.6 is 0 Å². The van der Waals surface area contributed by atoms with Crippen molar-refractivity contribution in [3.8, 4) is 6.07 Å². The molecule has 4 amide bonds. The van der Waals surface area contributed by atoms with E-state index >= 15 is 0 Å². The van der Waals surface area contributed by atoms with E-state index in [1.165, 1.54) is 0 Å². The van der Waals surface area contributed by atoms with Crippen LogP contribution in [0.2, 0.25) is 0 Å². The fourth-order valence-electron chi connectivity index (χ4n) is 2.78. The van der Waals surface area contributed by atoms with E-state index in [1.54, 1.807) is 55.5 Å². The van der Waals surface area contributed by atoms with Gasteiger partial charge in [-0.3, -0.25) is 14.5 Å². The lowest BCUT2D eigenvalue weighted by atomic mass is 9.91. The molecule has 0 aromatic heterocycles. The minimum atomic E-state index is -1.28. The van der Waals surface area contributed by atoms with Crippen LogP contribution in [0, 0.1) is 11.3 Å². The van der Waals surface area contributed by atoms with Gasteiger partial charge in [-0.1, -0.05) is 30.3 Å². The van der Waals surface area contributed by atoms with E-state index < -0.39 is 23.4 Å². The lowest BCUT2D eigenvalue weighted by molar-refractivity contribution is -0.133. The zero-order valence-corrected chi connectivity index (χ0v) is 14.0. The van der Waals surface area contributed by atoms with Crippen molar-refractivity contribution in [2.45, 2.75) is 12.5 Å². The van der Waals surface area contributed by atoms with E-state index in [9.17, 15) is 14.4 Å². The molecule has 2 aromatic carbocycles. The van der Waals surface area contributed by atoms with Gasteiger partial charge in [0.05, 0.1) is 11.6 Å². The molecule has 0 aliphatic carbocycles. The molecule has 1 atom stereocenters. The van der Waals surface area contributed by atoms with Crippen LogP contribution in [0.3, 0.4) is 0 Å². The summed E-state index contributed by atoms with van der Waals surface area (Å²) in [6.07, 6.45) is 0. The summed E-state index contributed by atoms with van der Waals surface area (Å²) in [5, 5.41) is 14.1. The molecule has 0 saturated carbocycles. The summed E-state index contributed by atoms with van der Waals surface area (Å²) < 4.78 is 0. The summed E-state index contributed by atoms with van der Waals surface area (Å²) in [4.78, 5) is 38.1. The van der Waals surface area contributed by atoms with Gasteiger partial charge in [0.2, 0.25) is 5.91 Å². The number of hydrogen-bond donors (Lipinski definition) is 2. The monoisotopic (exact) mass is 348 g/mol. The number of nitrogens with zero attached hydrogens (tertiary/aromatic N) is 2. The maximum atomic E-state index is 12.8. The quantitative estimate of drug-likeness (QED) is 0.825. The van der Waals surface area contributed by atoms with Crippen molar-refractivity contribution in [1.82, 2.24) is 10.2 Å². The molecule has 0 spiro atoms. The van der Waals surface area contributed by atoms with Crippen LogP contribution in [-0.2, 0) is 15.1 Å². The van der Waals surface area contributed by atoms with Crippen LogP contribution in [0.4, 0.5) is 10.5 Å². The lowest BCUT2D eigenvalue weighted by Crippen LogP contribution is -2.42. The Bertz CT molecular complexity index is 903. The van der Waals surface area contributed by atoms with E-state index in [0.29, 0.717) is 16.8 Å². The molecule has 1 aliphatic heterocycles. The Kier molecular flexibility index (Phi) is 4.42. The maximum Gasteiger partial charge on any atom is 0.325 e. The van der Waals surface area contributed by atoms with Crippen LogP contribution in [-0.4, -0.2) is 29.3 Å². The minimum Gasteiger partial charge on any atom is -0.325 e. The van der Waals surface area contributed by atoms with Crippen LogP contribution < -0.4 is 10.6 Å². The number of nitriles is 1. The van der Waals surface area contributed by atoms with Crippen LogP contribution in [0.15, 0.2) is 54.6 Å². The molecule has 1 saturated heterocycles. The average Bonchev–Trinajstić information content (AvgIpc) is 2.86. The predicted octanol–water partition coefficient (Wildman–Crippen LogP) is 1.96. The Balaban J connectivity index is 1.75. The molecule has 7 heteroatoms. The fourth-order valence-corrected chi connectivity index (χ4v) is 2.78. The molecule has 1 fully saturated rings. The third-order valence-corrected chi connectivity index (χ3v) is 4.23. The molecular weight excluding hydrogens is 332 g/mol. The van der Waals surface area contributed by atoms with Crippen molar-refractivity contribution >= 4 is 23.5 Å². The van der Waals surface area contributed by atoms with E-state index in [0.717, 1.165) is 4.90 Å². The molecule has 2 N–H and O–H groups in total. The van der Waals surface area contributed by atoms with Crippen molar-refractivity contribution in [2.24, 2.45) is 0 Å². The van der Waals surface area contributed by atoms with Gasteiger partial charge in [0.15, 0.2) is 0 Å². The number of amides is 4. The van der Waals surface area contributed by atoms with Gasteiger partial charge in [-0.25, -0.2) is 4.79 Å². The number of imide groups is 1. The highest BCUT2D eigenvalue weighted by atomic mass is 16.2. The Morgan fingerprint density at radius 2 is 1.81 bits per heavy atom. The van der Waals surface area contributed by atoms with Crippen molar-refractivity contribution < 1.29 is 14.4 Å². The number of urea groups is 1. The number of para-hydroxylation sites is 1. The zero-order chi connectivity index (χ0) is 18.7. The molecule has 2 aromatic rings. The van der Waals surface area contributed by atoms with Crippen molar-refractivity contribution in [3.05, 3.63) is 65.7 Å². The number of carbonyl (C=O) groups excluding carboxylic acids is 3. The zero-order valence-electron chi connectivity index (χ0n) is 14.0. The summed E-state index contributed by atoms with van der Waals surface area (Å²) >= 11 is 0. The topological polar surface area (TPSA) is 102 Å². The van der Waals surface area contributed by atoms with Gasteiger partial charge in [0.25, 0.3) is 5.91 Å². The van der Waals surface area contributed by atoms with Crippen LogP contribution in [0.1, 0.15) is 18.1 Å². The minimum absolute atomic E-state index is 0.384. The average molecular weight is 348 g/mol. The summed E-state index contributed by atoms with van der Waals surface area (Å²) in [6.45, 7) is 1.19. The standard InChI is InChI=1S/C19H16N4O3/c1-19(14-9-7-13(11-20)8-10-14)17(25)23(18(26)22-19)12-16(24)21-15-5-3-2-4-6-15/h2-10H,12H2,1H3,(H,21,24)(H,22,26). The van der Waals surface area contributed by atoms with Gasteiger partial charge in [-0.05, 0) is 36.8 Å². The fraction of sp³-hybridized carbons (Fsp3) is 0.158. The van der Waals surface area contributed by atoms with E-state index in [-0.39, 0.29) is 6.54 Å². The highest BCUT2D eigenvalue weighted by molar-refractivity contribution is 6.10. The first kappa shape index (κ1) is 17.2. The summed E-state index contributed by atoms with van der Waals surface area (Å²) in [7, 11) is 0. The second-order valence-electron chi connectivity index (χ2n) is 6.05. The smallest absolute Gasteiger partial charge is 0.325 e. The highest BCUT2D eigenvalue weighted by Crippen LogP contribution is 2.28. The molecular formula is C19H16N4O3. The number of hydrogen-bond acceptors (Lipinski definition) is 4. The van der Waals surface area contributed by atoms with E-state index in [4.69, 9.17) is 5.26 Å². The normalized spacial score (nSPS) is 19.0. The van der Waals surface area contributed by atoms with Crippen molar-refractivity contribution in [3.63, 3.8) is 0 Å². The molecule has 3 rings (SSSR count). The van der Waals surface area contributed by atoms with Gasteiger partial charge >= 0.3 is 6.03 Å². The third-order valence-electron chi connectivity index (χ3n) is 4.23. The molecule has 130 valence electrons. The first-order chi connectivity index (χ1) is 12.4. The molecule has 1 aliphatic rings. The van der Waals surface area contributed by atoms with Gasteiger partial charge in [0, 0.05) is 5.69 Å². The Hall–Kier alpha value is -3.66. The van der Waals surface area contributed by atoms with Crippen molar-refractivity contribution in [1.29, 1.82) is 5.26 Å². The number of nitrogens with one attached hydrogen (secondary N) is 2. The first-order valence-corrected chi connectivity index (χ1v) is 7.94. The molecule has 0 bridgehead atoms. The van der Waals surface area contributed by atoms with Crippen LogP contribution in [0.5, 0.6) is 0 Å². The first-order valence-electron chi connectivity index (χ1n) is 7.94. The number of rotatable bonds is 4. The molecule has 1 heterocycles. The van der Waals surface area contributed by atoms with Crippen molar-refractivity contribution in [2.75, 3.05) is 11.9 Å². The summed E-state index contributed by atoms with van der Waals surface area (Å²) in [5.41, 5.74) is 0.298. The second-order valence-corrected chi connectivity index (χ2v) is 6.05. The number of carbonyl (C=O) groups is 3. The Morgan fingerprint density at radius 1 is 1.15 bits per heavy atom. The summed E-state index contributed by atoms with van der Waals surface area (Å²) in [5.74, 6) is -0.987. The van der Waals surface area contributed by atoms with Gasteiger partial charge in [-0.15, -0.1) is 0 Å². The maximum absolute atomic E-state index is 12.8. The number of benzene rings is 2. The molecule has 0 radical (unpaired) electrons. The largest absolute Gasteiger partial charge is 0.325 e.